The minimum Gasteiger partial charge on any atom is -0.471 e. The summed E-state index contributed by atoms with van der Waals surface area (Å²) in [6.45, 7) is 4.54. The van der Waals surface area contributed by atoms with Gasteiger partial charge >= 0.3 is 8.80 Å². The fourth-order valence-corrected chi connectivity index (χ4v) is 5.00. The van der Waals surface area contributed by atoms with E-state index in [-0.39, 0.29) is 0 Å². The minimum atomic E-state index is -2.60. The van der Waals surface area contributed by atoms with Gasteiger partial charge < -0.3 is 31.6 Å². The summed E-state index contributed by atoms with van der Waals surface area (Å²) < 4.78 is 38.8. The second-order valence-corrected chi connectivity index (χ2v) is 11.1. The Bertz CT molecular complexity index is 230. The number of rotatable bonds is 9. The molecule has 0 aromatic rings. The first-order valence-electron chi connectivity index (χ1n) is 5.90. The molecule has 0 fully saturated rings. The van der Waals surface area contributed by atoms with Crippen LogP contribution in [0.2, 0.25) is 13.1 Å². The van der Waals surface area contributed by atoms with Crippen LogP contribution in [0.15, 0.2) is 0 Å². The monoisotopic (exact) mass is 360 g/mol. The van der Waals surface area contributed by atoms with E-state index in [1.54, 1.807) is 28.4 Å². The molecule has 8 nitrogen and oxygen atoms in total. The topological polar surface area (TPSA) is 89.5 Å². The van der Waals surface area contributed by atoms with Crippen LogP contribution in [0.4, 0.5) is 0 Å². The smallest absolute Gasteiger partial charge is 0.471 e. The molecule has 0 bridgehead atoms. The zero-order valence-corrected chi connectivity index (χ0v) is 17.4. The average molecular weight is 361 g/mol. The molecule has 0 aromatic carbocycles. The van der Waals surface area contributed by atoms with E-state index in [4.69, 9.17) is 31.7 Å². The van der Waals surface area contributed by atoms with Gasteiger partial charge in [-0.2, -0.15) is 0 Å². The Morgan fingerprint density at radius 2 is 1.29 bits per heavy atom. The predicted molar refractivity (Wildman–Crippen MR) is 84.4 cm³/mol. The molecule has 0 amide bonds. The Balaban J connectivity index is -0.000000461. The fourth-order valence-electron chi connectivity index (χ4n) is 1.10. The van der Waals surface area contributed by atoms with Gasteiger partial charge in [0.1, 0.15) is 6.23 Å². The van der Waals surface area contributed by atoms with Crippen molar-refractivity contribution in [3.63, 3.8) is 0 Å². The van der Waals surface area contributed by atoms with Gasteiger partial charge in [-0.3, -0.25) is 4.79 Å². The fraction of sp³-hybridized carbons (Fsp3) is 0.900. The quantitative estimate of drug-likeness (QED) is 0.404. The summed E-state index contributed by atoms with van der Waals surface area (Å²) in [6, 6.07) is 0. The lowest BCUT2D eigenvalue weighted by atomic mass is 11.5. The molecule has 21 heavy (non-hydrogen) atoms. The second kappa shape index (κ2) is 16.1. The minimum absolute atomic E-state index is 0.374. The number of carbonyl (C=O) groups is 1. The molecule has 0 saturated heterocycles. The number of hydrogen-bond acceptors (Lipinski definition) is 8. The standard InChI is InChI=1S/C8H22O5Si2.C2H4O2.H2OSi/c1-9-7-14(5,6)13-8-15(10-2,11-3)12-4;1-4-2-3;1-2/h7-8H2,1-6H3;2H,1H3;2H2. The van der Waals surface area contributed by atoms with Crippen molar-refractivity contribution in [3.8, 4) is 0 Å². The highest BCUT2D eigenvalue weighted by Crippen LogP contribution is 2.11. The van der Waals surface area contributed by atoms with Crippen molar-refractivity contribution in [1.29, 1.82) is 0 Å². The van der Waals surface area contributed by atoms with E-state index in [0.717, 1.165) is 0 Å². The molecule has 0 aliphatic rings. The maximum atomic E-state index is 8.95. The largest absolute Gasteiger partial charge is 0.525 e. The molecule has 0 heterocycles. The van der Waals surface area contributed by atoms with Crippen LogP contribution in [0.1, 0.15) is 0 Å². The van der Waals surface area contributed by atoms with E-state index in [1.807, 2.05) is 0 Å². The van der Waals surface area contributed by atoms with Crippen molar-refractivity contribution in [2.45, 2.75) is 13.1 Å². The molecular formula is C10H28O8Si3. The molecule has 0 atom stereocenters. The Morgan fingerprint density at radius 1 is 0.905 bits per heavy atom. The third-order valence-electron chi connectivity index (χ3n) is 2.16. The lowest BCUT2D eigenvalue weighted by Gasteiger charge is -2.29. The highest BCUT2D eigenvalue weighted by molar-refractivity contribution is 6.72. The summed E-state index contributed by atoms with van der Waals surface area (Å²) in [7, 11) is 3.94. The molecule has 0 rings (SSSR count). The van der Waals surface area contributed by atoms with Gasteiger partial charge in [0.05, 0.1) is 13.3 Å². The SMILES string of the molecule is COC=O.COC[Si](C)(C)OC[Si](OC)(OC)OC.O=[SiH2]. The van der Waals surface area contributed by atoms with E-state index in [2.05, 4.69) is 17.8 Å². The lowest BCUT2D eigenvalue weighted by molar-refractivity contribution is -0.126. The van der Waals surface area contributed by atoms with Gasteiger partial charge in [0.15, 0.2) is 0 Å². The normalized spacial score (nSPS) is 10.6. The van der Waals surface area contributed by atoms with Gasteiger partial charge in [-0.25, -0.2) is 0 Å². The van der Waals surface area contributed by atoms with Crippen LogP contribution in [0.3, 0.4) is 0 Å². The molecule has 128 valence electrons. The number of methoxy groups -OCH3 is 2. The number of carbonyl (C=O) groups excluding carboxylic acids is 1. The molecule has 0 N–H and O–H groups in total. The van der Waals surface area contributed by atoms with Crippen molar-refractivity contribution in [2.75, 3.05) is 48.0 Å². The van der Waals surface area contributed by atoms with E-state index in [0.29, 0.717) is 29.1 Å². The second-order valence-electron chi connectivity index (χ2n) is 4.11. The summed E-state index contributed by atoms with van der Waals surface area (Å²) >= 11 is 0. The summed E-state index contributed by atoms with van der Waals surface area (Å²) in [5.74, 6) is 0. The van der Waals surface area contributed by atoms with Crippen LogP contribution in [-0.4, -0.2) is 81.7 Å². The Labute approximate surface area is 132 Å². The van der Waals surface area contributed by atoms with Crippen LogP contribution in [0, 0.1) is 0 Å². The maximum absolute atomic E-state index is 8.95. The van der Waals surface area contributed by atoms with Crippen molar-refractivity contribution in [3.05, 3.63) is 0 Å². The average Bonchev–Trinajstić information content (AvgIpc) is 2.51. The highest BCUT2D eigenvalue weighted by atomic mass is 28.4. The molecule has 0 aliphatic carbocycles. The summed E-state index contributed by atoms with van der Waals surface area (Å²) in [5.41, 5.74) is 0. The molecule has 0 aliphatic heterocycles. The first kappa shape index (κ1) is 25.7. The molecule has 0 radical (unpaired) electrons. The summed E-state index contributed by atoms with van der Waals surface area (Å²) in [6.07, 6.45) is 1.02. The zero-order chi connectivity index (χ0) is 17.4. The van der Waals surface area contributed by atoms with Gasteiger partial charge in [-0.15, -0.1) is 0 Å². The van der Waals surface area contributed by atoms with Crippen LogP contribution in [0.25, 0.3) is 0 Å². The van der Waals surface area contributed by atoms with Crippen LogP contribution < -0.4 is 0 Å². The lowest BCUT2D eigenvalue weighted by Crippen LogP contribution is -2.52. The zero-order valence-electron chi connectivity index (χ0n) is 14.0. The highest BCUT2D eigenvalue weighted by Gasteiger charge is 2.40. The summed E-state index contributed by atoms with van der Waals surface area (Å²) in [4.78, 5) is 8.95. The van der Waals surface area contributed by atoms with E-state index < -0.39 is 17.1 Å². The Morgan fingerprint density at radius 3 is 1.52 bits per heavy atom. The molecular weight excluding hydrogens is 332 g/mol. The van der Waals surface area contributed by atoms with Crippen LogP contribution >= 0.6 is 0 Å². The van der Waals surface area contributed by atoms with Crippen molar-refractivity contribution in [1.82, 2.24) is 0 Å². The first-order chi connectivity index (χ1) is 9.86. The van der Waals surface area contributed by atoms with Crippen molar-refractivity contribution in [2.24, 2.45) is 0 Å². The van der Waals surface area contributed by atoms with Gasteiger partial charge in [-0.05, 0) is 13.1 Å². The maximum Gasteiger partial charge on any atom is 0.525 e. The van der Waals surface area contributed by atoms with Gasteiger partial charge in [0.25, 0.3) is 6.47 Å². The van der Waals surface area contributed by atoms with E-state index >= 15 is 0 Å². The Kier molecular flexibility index (Phi) is 19.7. The Hall–Kier alpha value is -0.279. The van der Waals surface area contributed by atoms with Crippen LogP contribution in [0.5, 0.6) is 0 Å². The predicted octanol–water partition coefficient (Wildman–Crippen LogP) is -0.435. The molecule has 0 saturated carbocycles. The first-order valence-corrected chi connectivity index (χ1v) is 11.5. The van der Waals surface area contributed by atoms with Gasteiger partial charge in [0.2, 0.25) is 18.4 Å². The van der Waals surface area contributed by atoms with Gasteiger partial charge in [0, 0.05) is 28.4 Å². The van der Waals surface area contributed by atoms with Crippen molar-refractivity contribution < 1.29 is 36.4 Å². The van der Waals surface area contributed by atoms with Gasteiger partial charge in [-0.1, -0.05) is 0 Å². The third kappa shape index (κ3) is 14.4. The molecule has 11 heteroatoms. The molecule has 0 aromatic heterocycles. The number of hydrogen-bond donors (Lipinski definition) is 0. The molecule has 0 spiro atoms. The molecule has 0 unspecified atom stereocenters. The van der Waals surface area contributed by atoms with E-state index in [1.165, 1.54) is 7.11 Å². The number of ether oxygens (including phenoxy) is 2. The van der Waals surface area contributed by atoms with Crippen LogP contribution in [-0.2, 0) is 36.4 Å². The van der Waals surface area contributed by atoms with Crippen molar-refractivity contribution >= 4 is 33.7 Å². The summed E-state index contributed by atoms with van der Waals surface area (Å²) in [5, 5.41) is 0. The third-order valence-corrected chi connectivity index (χ3v) is 6.72. The van der Waals surface area contributed by atoms with E-state index in [9.17, 15) is 0 Å².